The first kappa shape index (κ1) is 21.4. The van der Waals surface area contributed by atoms with Crippen molar-refractivity contribution in [2.45, 2.75) is 45.2 Å². The Bertz CT molecular complexity index is 864. The summed E-state index contributed by atoms with van der Waals surface area (Å²) in [4.78, 5) is 34.8. The Labute approximate surface area is 175 Å². The van der Waals surface area contributed by atoms with Gasteiger partial charge in [0.05, 0.1) is 7.11 Å². The fourth-order valence-electron chi connectivity index (χ4n) is 3.54. The molecular formula is C21H27N5O4. The van der Waals surface area contributed by atoms with Crippen LogP contribution in [-0.4, -0.2) is 52.5 Å². The van der Waals surface area contributed by atoms with Crippen molar-refractivity contribution >= 4 is 17.8 Å². The van der Waals surface area contributed by atoms with Gasteiger partial charge in [-0.05, 0) is 57.4 Å². The molecule has 2 heterocycles. The summed E-state index contributed by atoms with van der Waals surface area (Å²) in [5.74, 6) is 0.744. The average Bonchev–Trinajstić information content (AvgIpc) is 2.76. The standard InChI is InChI=1S/C21H27N5O4/c1-14-5-4-6-15(2)26(14)19(27)13-30-17-9-7-16(8-10-17)20(28)24-25-21-22-12-11-18(23-21)29-3/h7-12,14-15H,4-6,13H2,1-3H3,(H,24,28)(H,22,23,25)/t14-,15-/m1/s1. The first-order valence-electron chi connectivity index (χ1n) is 9.95. The Balaban J connectivity index is 1.50. The SMILES string of the molecule is COc1ccnc(NNC(=O)c2ccc(OCC(=O)N3[C@H](C)CCC[C@H]3C)cc2)n1. The number of hydrogen-bond donors (Lipinski definition) is 2. The Morgan fingerprint density at radius 3 is 2.50 bits per heavy atom. The van der Waals surface area contributed by atoms with Crippen LogP contribution in [0.4, 0.5) is 5.95 Å². The molecule has 0 aliphatic carbocycles. The van der Waals surface area contributed by atoms with E-state index in [-0.39, 0.29) is 36.5 Å². The molecule has 0 spiro atoms. The molecule has 2 atom stereocenters. The summed E-state index contributed by atoms with van der Waals surface area (Å²) in [7, 11) is 1.50. The number of benzene rings is 1. The zero-order valence-electron chi connectivity index (χ0n) is 17.4. The van der Waals surface area contributed by atoms with Gasteiger partial charge in [-0.3, -0.25) is 20.4 Å². The Hall–Kier alpha value is -3.36. The topological polar surface area (TPSA) is 106 Å². The fourth-order valence-corrected chi connectivity index (χ4v) is 3.54. The van der Waals surface area contributed by atoms with Crippen LogP contribution in [0.3, 0.4) is 0 Å². The number of aromatic nitrogens is 2. The van der Waals surface area contributed by atoms with Gasteiger partial charge >= 0.3 is 0 Å². The third kappa shape index (κ3) is 5.37. The van der Waals surface area contributed by atoms with Gasteiger partial charge in [0.25, 0.3) is 11.8 Å². The van der Waals surface area contributed by atoms with Crippen LogP contribution in [0.15, 0.2) is 36.5 Å². The molecule has 2 amide bonds. The van der Waals surface area contributed by atoms with E-state index >= 15 is 0 Å². The quantitative estimate of drug-likeness (QED) is 0.672. The van der Waals surface area contributed by atoms with Crippen molar-refractivity contribution in [3.8, 4) is 11.6 Å². The van der Waals surface area contributed by atoms with Crippen LogP contribution >= 0.6 is 0 Å². The highest BCUT2D eigenvalue weighted by atomic mass is 16.5. The molecule has 9 heteroatoms. The van der Waals surface area contributed by atoms with Crippen molar-refractivity contribution in [1.82, 2.24) is 20.3 Å². The van der Waals surface area contributed by atoms with Gasteiger partial charge in [-0.1, -0.05) is 0 Å². The van der Waals surface area contributed by atoms with Crippen LogP contribution in [0.5, 0.6) is 11.6 Å². The lowest BCUT2D eigenvalue weighted by atomic mass is 9.97. The predicted octanol–water partition coefficient (Wildman–Crippen LogP) is 2.41. The molecule has 1 fully saturated rings. The van der Waals surface area contributed by atoms with Gasteiger partial charge in [-0.2, -0.15) is 4.98 Å². The van der Waals surface area contributed by atoms with Gasteiger partial charge in [0, 0.05) is 29.9 Å². The fraction of sp³-hybridized carbons (Fsp3) is 0.429. The second-order valence-electron chi connectivity index (χ2n) is 7.24. The highest BCUT2D eigenvalue weighted by Gasteiger charge is 2.28. The molecule has 1 aliphatic rings. The lowest BCUT2D eigenvalue weighted by molar-refractivity contribution is -0.139. The average molecular weight is 413 g/mol. The van der Waals surface area contributed by atoms with Gasteiger partial charge in [0.1, 0.15) is 5.75 Å². The van der Waals surface area contributed by atoms with Crippen LogP contribution < -0.4 is 20.3 Å². The van der Waals surface area contributed by atoms with Gasteiger partial charge in [0.2, 0.25) is 11.8 Å². The molecule has 1 aromatic carbocycles. The summed E-state index contributed by atoms with van der Waals surface area (Å²) in [5.41, 5.74) is 5.57. The number of amides is 2. The van der Waals surface area contributed by atoms with Crippen molar-refractivity contribution < 1.29 is 19.1 Å². The van der Waals surface area contributed by atoms with Crippen molar-refractivity contribution in [3.63, 3.8) is 0 Å². The summed E-state index contributed by atoms with van der Waals surface area (Å²) >= 11 is 0. The molecule has 0 unspecified atom stereocenters. The molecular weight excluding hydrogens is 386 g/mol. The maximum absolute atomic E-state index is 12.5. The Morgan fingerprint density at radius 1 is 1.13 bits per heavy atom. The molecule has 2 aromatic rings. The summed E-state index contributed by atoms with van der Waals surface area (Å²) in [6, 6.07) is 8.63. The molecule has 2 N–H and O–H groups in total. The normalized spacial score (nSPS) is 18.4. The number of anilines is 1. The third-order valence-corrected chi connectivity index (χ3v) is 5.09. The number of hydrogen-bond acceptors (Lipinski definition) is 7. The summed E-state index contributed by atoms with van der Waals surface area (Å²) in [6.45, 7) is 4.13. The van der Waals surface area contributed by atoms with Crippen molar-refractivity contribution in [3.05, 3.63) is 42.1 Å². The molecule has 1 aromatic heterocycles. The number of piperidine rings is 1. The maximum Gasteiger partial charge on any atom is 0.269 e. The van der Waals surface area contributed by atoms with E-state index in [1.54, 1.807) is 30.3 Å². The molecule has 1 aliphatic heterocycles. The minimum Gasteiger partial charge on any atom is -0.484 e. The second-order valence-corrected chi connectivity index (χ2v) is 7.24. The van der Waals surface area contributed by atoms with Crippen molar-refractivity contribution in [1.29, 1.82) is 0 Å². The number of carbonyl (C=O) groups is 2. The monoisotopic (exact) mass is 413 g/mol. The number of likely N-dealkylation sites (tertiary alicyclic amines) is 1. The van der Waals surface area contributed by atoms with Gasteiger partial charge < -0.3 is 14.4 Å². The van der Waals surface area contributed by atoms with Crippen molar-refractivity contribution in [2.24, 2.45) is 0 Å². The van der Waals surface area contributed by atoms with Crippen LogP contribution in [-0.2, 0) is 4.79 Å². The van der Waals surface area contributed by atoms with Gasteiger partial charge in [-0.25, -0.2) is 4.98 Å². The van der Waals surface area contributed by atoms with Crippen LogP contribution in [0.2, 0.25) is 0 Å². The van der Waals surface area contributed by atoms with E-state index in [0.717, 1.165) is 19.3 Å². The summed E-state index contributed by atoms with van der Waals surface area (Å²) in [6.07, 6.45) is 4.71. The first-order chi connectivity index (χ1) is 14.5. The summed E-state index contributed by atoms with van der Waals surface area (Å²) < 4.78 is 10.6. The molecule has 3 rings (SSSR count). The van der Waals surface area contributed by atoms with E-state index < -0.39 is 0 Å². The molecule has 0 bridgehead atoms. The molecule has 30 heavy (non-hydrogen) atoms. The van der Waals surface area contributed by atoms with Crippen molar-refractivity contribution in [2.75, 3.05) is 19.1 Å². The number of carbonyl (C=O) groups excluding carboxylic acids is 2. The number of methoxy groups -OCH3 is 1. The lowest BCUT2D eigenvalue weighted by Gasteiger charge is -2.38. The van der Waals surface area contributed by atoms with E-state index in [2.05, 4.69) is 34.7 Å². The van der Waals surface area contributed by atoms with Crippen LogP contribution in [0.25, 0.3) is 0 Å². The Morgan fingerprint density at radius 2 is 1.83 bits per heavy atom. The third-order valence-electron chi connectivity index (χ3n) is 5.09. The molecule has 160 valence electrons. The van der Waals surface area contributed by atoms with Crippen LogP contribution in [0, 0.1) is 0 Å². The Kier molecular flexibility index (Phi) is 7.05. The van der Waals surface area contributed by atoms with E-state index in [9.17, 15) is 9.59 Å². The van der Waals surface area contributed by atoms with E-state index in [0.29, 0.717) is 17.2 Å². The molecule has 0 radical (unpaired) electrons. The number of nitrogens with zero attached hydrogens (tertiary/aromatic N) is 3. The lowest BCUT2D eigenvalue weighted by Crippen LogP contribution is -2.49. The van der Waals surface area contributed by atoms with Gasteiger partial charge in [0.15, 0.2) is 6.61 Å². The number of hydrazine groups is 1. The number of nitrogens with one attached hydrogen (secondary N) is 2. The predicted molar refractivity (Wildman–Crippen MR) is 111 cm³/mol. The van der Waals surface area contributed by atoms with Crippen LogP contribution in [0.1, 0.15) is 43.5 Å². The smallest absolute Gasteiger partial charge is 0.269 e. The summed E-state index contributed by atoms with van der Waals surface area (Å²) in [5, 5.41) is 0. The molecule has 1 saturated heterocycles. The largest absolute Gasteiger partial charge is 0.484 e. The number of rotatable bonds is 7. The minimum atomic E-state index is -0.361. The zero-order chi connectivity index (χ0) is 21.5. The highest BCUT2D eigenvalue weighted by Crippen LogP contribution is 2.23. The molecule has 0 saturated carbocycles. The van der Waals surface area contributed by atoms with Gasteiger partial charge in [-0.15, -0.1) is 0 Å². The minimum absolute atomic E-state index is 0.0148. The maximum atomic E-state index is 12.5. The molecule has 9 nitrogen and oxygen atoms in total. The van der Waals surface area contributed by atoms with E-state index in [4.69, 9.17) is 9.47 Å². The van der Waals surface area contributed by atoms with E-state index in [1.807, 2.05) is 4.90 Å². The second kappa shape index (κ2) is 9.91. The zero-order valence-corrected chi connectivity index (χ0v) is 17.4. The van der Waals surface area contributed by atoms with E-state index in [1.165, 1.54) is 13.3 Å². The first-order valence-corrected chi connectivity index (χ1v) is 9.95. The highest BCUT2D eigenvalue weighted by molar-refractivity contribution is 5.94. The number of ether oxygens (including phenoxy) is 2.